The topological polar surface area (TPSA) is 35.2 Å². The fourth-order valence-corrected chi connectivity index (χ4v) is 5.15. The van der Waals surface area contributed by atoms with Crippen LogP contribution in [0.2, 0.25) is 0 Å². The first-order valence-electron chi connectivity index (χ1n) is 6.78. The van der Waals surface area contributed by atoms with E-state index in [2.05, 4.69) is 0 Å². The highest BCUT2D eigenvalue weighted by molar-refractivity contribution is 7.99. The normalized spacial score (nSPS) is 51.2. The number of nitrogens with two attached hydrogens (primary N) is 1. The van der Waals surface area contributed by atoms with Crippen LogP contribution in [0.3, 0.4) is 0 Å². The minimum Gasteiger partial charge on any atom is -0.374 e. The molecule has 1 aliphatic carbocycles. The minimum atomic E-state index is -0.997. The molecule has 4 atom stereocenters. The van der Waals surface area contributed by atoms with Crippen molar-refractivity contribution in [3.63, 3.8) is 0 Å². The zero-order chi connectivity index (χ0) is 11.9. The third kappa shape index (κ3) is 2.24. The number of ether oxygens (including phenoxy) is 1. The molecule has 1 saturated carbocycles. The van der Waals surface area contributed by atoms with Crippen molar-refractivity contribution >= 4 is 11.8 Å². The molecule has 0 amide bonds. The summed E-state index contributed by atoms with van der Waals surface area (Å²) < 4.78 is 20.9. The SMILES string of the molecule is NC1CCC(F)(C2CCOC3(CCSC3)C2)C1. The predicted octanol–water partition coefficient (Wildman–Crippen LogP) is 2.51. The zero-order valence-corrected chi connectivity index (χ0v) is 11.1. The Kier molecular flexibility index (Phi) is 3.16. The molecule has 2 saturated heterocycles. The van der Waals surface area contributed by atoms with Gasteiger partial charge in [-0.3, -0.25) is 0 Å². The molecule has 2 nitrogen and oxygen atoms in total. The van der Waals surface area contributed by atoms with E-state index in [-0.39, 0.29) is 17.6 Å². The van der Waals surface area contributed by atoms with E-state index in [1.165, 1.54) is 5.75 Å². The van der Waals surface area contributed by atoms with Crippen LogP contribution in [0.5, 0.6) is 0 Å². The van der Waals surface area contributed by atoms with Crippen LogP contribution in [-0.4, -0.2) is 35.4 Å². The van der Waals surface area contributed by atoms with Crippen LogP contribution in [0.25, 0.3) is 0 Å². The summed E-state index contributed by atoms with van der Waals surface area (Å²) in [6.45, 7) is 0.742. The van der Waals surface area contributed by atoms with E-state index >= 15 is 0 Å². The van der Waals surface area contributed by atoms with Gasteiger partial charge in [0.2, 0.25) is 0 Å². The van der Waals surface area contributed by atoms with Crippen LogP contribution in [-0.2, 0) is 4.74 Å². The lowest BCUT2D eigenvalue weighted by Gasteiger charge is -2.42. The van der Waals surface area contributed by atoms with Gasteiger partial charge in [0.1, 0.15) is 5.67 Å². The van der Waals surface area contributed by atoms with Gasteiger partial charge in [0.05, 0.1) is 5.60 Å². The Labute approximate surface area is 107 Å². The van der Waals surface area contributed by atoms with E-state index in [0.717, 1.165) is 38.0 Å². The van der Waals surface area contributed by atoms with Gasteiger partial charge in [0, 0.05) is 18.4 Å². The molecule has 2 heterocycles. The fraction of sp³-hybridized carbons (Fsp3) is 1.00. The Morgan fingerprint density at radius 2 is 2.12 bits per heavy atom. The number of rotatable bonds is 1. The number of alkyl halides is 1. The molecule has 1 spiro atoms. The van der Waals surface area contributed by atoms with Crippen molar-refractivity contribution in [3.8, 4) is 0 Å². The molecule has 4 unspecified atom stereocenters. The van der Waals surface area contributed by atoms with Gasteiger partial charge in [-0.05, 0) is 50.2 Å². The Bertz CT molecular complexity index is 295. The van der Waals surface area contributed by atoms with Gasteiger partial charge in [0.15, 0.2) is 0 Å². The Hall–Kier alpha value is 0.200. The van der Waals surface area contributed by atoms with E-state index < -0.39 is 5.67 Å². The number of hydrogen-bond donors (Lipinski definition) is 1. The molecule has 0 aromatic carbocycles. The van der Waals surface area contributed by atoms with Crippen molar-refractivity contribution in [2.75, 3.05) is 18.1 Å². The van der Waals surface area contributed by atoms with Crippen LogP contribution in [0, 0.1) is 5.92 Å². The predicted molar refractivity (Wildman–Crippen MR) is 69.0 cm³/mol. The molecule has 0 bridgehead atoms. The molecule has 0 aromatic rings. The summed E-state index contributed by atoms with van der Waals surface area (Å²) in [6.07, 6.45) is 5.01. The maximum atomic E-state index is 14.9. The van der Waals surface area contributed by atoms with Gasteiger partial charge in [-0.25, -0.2) is 4.39 Å². The van der Waals surface area contributed by atoms with Gasteiger partial charge in [-0.15, -0.1) is 0 Å². The lowest BCUT2D eigenvalue weighted by Crippen LogP contribution is -2.46. The minimum absolute atomic E-state index is 0.000636. The molecule has 98 valence electrons. The first-order valence-corrected chi connectivity index (χ1v) is 7.94. The molecular formula is C13H22FNOS. The number of hydrogen-bond acceptors (Lipinski definition) is 3. The third-order valence-corrected chi connectivity index (χ3v) is 6.05. The van der Waals surface area contributed by atoms with Crippen molar-refractivity contribution in [3.05, 3.63) is 0 Å². The van der Waals surface area contributed by atoms with Crippen LogP contribution >= 0.6 is 11.8 Å². The standard InChI is InChI=1S/C13H22FNOS/c14-13(3-1-11(15)8-13)10-2-5-16-12(7-10)4-6-17-9-12/h10-11H,1-9,15H2. The Balaban J connectivity index is 1.71. The summed E-state index contributed by atoms with van der Waals surface area (Å²) in [7, 11) is 0. The quantitative estimate of drug-likeness (QED) is 0.786. The summed E-state index contributed by atoms with van der Waals surface area (Å²) in [5.74, 6) is 2.42. The molecule has 2 N–H and O–H groups in total. The van der Waals surface area contributed by atoms with E-state index in [4.69, 9.17) is 10.5 Å². The van der Waals surface area contributed by atoms with Gasteiger partial charge >= 0.3 is 0 Å². The summed E-state index contributed by atoms with van der Waals surface area (Å²) in [4.78, 5) is 0. The highest BCUT2D eigenvalue weighted by Gasteiger charge is 2.50. The van der Waals surface area contributed by atoms with Gasteiger partial charge < -0.3 is 10.5 Å². The van der Waals surface area contributed by atoms with E-state index in [9.17, 15) is 4.39 Å². The highest BCUT2D eigenvalue weighted by Crippen LogP contribution is 2.49. The molecule has 4 heteroatoms. The van der Waals surface area contributed by atoms with E-state index in [1.807, 2.05) is 11.8 Å². The van der Waals surface area contributed by atoms with Crippen LogP contribution in [0.15, 0.2) is 0 Å². The maximum Gasteiger partial charge on any atom is 0.115 e. The average molecular weight is 259 g/mol. The van der Waals surface area contributed by atoms with E-state index in [0.29, 0.717) is 12.8 Å². The summed E-state index contributed by atoms with van der Waals surface area (Å²) >= 11 is 1.95. The second-order valence-corrected chi connectivity index (χ2v) is 7.17. The lowest BCUT2D eigenvalue weighted by atomic mass is 9.75. The van der Waals surface area contributed by atoms with Crippen molar-refractivity contribution in [1.82, 2.24) is 0 Å². The van der Waals surface area contributed by atoms with Crippen LogP contribution in [0.4, 0.5) is 4.39 Å². The van der Waals surface area contributed by atoms with Crippen LogP contribution in [0.1, 0.15) is 38.5 Å². The monoisotopic (exact) mass is 259 g/mol. The Morgan fingerprint density at radius 3 is 2.76 bits per heavy atom. The molecule has 3 fully saturated rings. The largest absolute Gasteiger partial charge is 0.374 e. The van der Waals surface area contributed by atoms with Gasteiger partial charge in [-0.1, -0.05) is 0 Å². The van der Waals surface area contributed by atoms with Crippen molar-refractivity contribution < 1.29 is 9.13 Å². The second-order valence-electron chi connectivity index (χ2n) is 6.06. The fourth-order valence-electron chi connectivity index (χ4n) is 3.77. The number of thioether (sulfide) groups is 1. The maximum absolute atomic E-state index is 14.9. The van der Waals surface area contributed by atoms with Gasteiger partial charge in [-0.2, -0.15) is 11.8 Å². The smallest absolute Gasteiger partial charge is 0.115 e. The summed E-state index contributed by atoms with van der Waals surface area (Å²) in [5, 5.41) is 0. The average Bonchev–Trinajstić information content (AvgIpc) is 2.88. The lowest BCUT2D eigenvalue weighted by molar-refractivity contribution is -0.110. The molecular weight excluding hydrogens is 237 g/mol. The first kappa shape index (κ1) is 12.2. The summed E-state index contributed by atoms with van der Waals surface area (Å²) in [5.41, 5.74) is 4.89. The molecule has 3 aliphatic rings. The van der Waals surface area contributed by atoms with Crippen molar-refractivity contribution in [2.45, 2.75) is 55.8 Å². The third-order valence-electron chi connectivity index (χ3n) is 4.82. The molecule has 17 heavy (non-hydrogen) atoms. The molecule has 2 aliphatic heterocycles. The van der Waals surface area contributed by atoms with Crippen molar-refractivity contribution in [1.29, 1.82) is 0 Å². The van der Waals surface area contributed by atoms with Gasteiger partial charge in [0.25, 0.3) is 0 Å². The highest BCUT2D eigenvalue weighted by atomic mass is 32.2. The number of halogens is 1. The molecule has 0 radical (unpaired) electrons. The van der Waals surface area contributed by atoms with Crippen molar-refractivity contribution in [2.24, 2.45) is 11.7 Å². The first-order chi connectivity index (χ1) is 8.12. The zero-order valence-electron chi connectivity index (χ0n) is 10.3. The Morgan fingerprint density at radius 1 is 1.24 bits per heavy atom. The second kappa shape index (κ2) is 4.39. The summed E-state index contributed by atoms with van der Waals surface area (Å²) in [6, 6.07) is 0.0803. The molecule has 3 rings (SSSR count). The van der Waals surface area contributed by atoms with Crippen LogP contribution < -0.4 is 5.73 Å². The molecule has 0 aromatic heterocycles. The van der Waals surface area contributed by atoms with E-state index in [1.54, 1.807) is 0 Å².